The summed E-state index contributed by atoms with van der Waals surface area (Å²) in [6, 6.07) is 2.17. The fraction of sp³-hybridized carbons (Fsp3) is 0.733. The predicted molar refractivity (Wildman–Crippen MR) is 74.4 cm³/mol. The van der Waals surface area contributed by atoms with E-state index < -0.39 is 0 Å². The molecule has 0 aromatic carbocycles. The van der Waals surface area contributed by atoms with Gasteiger partial charge in [0.2, 0.25) is 0 Å². The molecule has 96 valence electrons. The molecule has 1 aliphatic rings. The molecule has 1 saturated carbocycles. The molecule has 0 saturated heterocycles. The van der Waals surface area contributed by atoms with Crippen molar-refractivity contribution in [2.45, 2.75) is 58.5 Å². The number of hydrogen-bond donors (Lipinski definition) is 1. The first-order chi connectivity index (χ1) is 8.26. The Labute approximate surface area is 109 Å². The Morgan fingerprint density at radius 1 is 1.41 bits per heavy atom. The predicted octanol–water partition coefficient (Wildman–Crippen LogP) is 4.56. The lowest BCUT2D eigenvalue weighted by Crippen LogP contribution is -2.21. The monoisotopic (exact) mass is 252 g/mol. The largest absolute Gasteiger partial charge is 0.387 e. The van der Waals surface area contributed by atoms with Crippen molar-refractivity contribution in [1.29, 1.82) is 0 Å². The molecular weight excluding hydrogens is 228 g/mol. The summed E-state index contributed by atoms with van der Waals surface area (Å²) >= 11 is 1.73. The van der Waals surface area contributed by atoms with Crippen LogP contribution in [0, 0.1) is 11.8 Å². The number of aryl methyl sites for hydroxylation is 1. The van der Waals surface area contributed by atoms with Crippen LogP contribution < -0.4 is 0 Å². The minimum absolute atomic E-state index is 0.209. The van der Waals surface area contributed by atoms with Crippen LogP contribution in [0.5, 0.6) is 0 Å². The zero-order valence-corrected chi connectivity index (χ0v) is 11.8. The molecule has 3 unspecified atom stereocenters. The minimum atomic E-state index is -0.209. The van der Waals surface area contributed by atoms with Gasteiger partial charge in [-0.2, -0.15) is 0 Å². The number of aliphatic hydroxyl groups is 1. The van der Waals surface area contributed by atoms with Gasteiger partial charge in [-0.3, -0.25) is 0 Å². The molecule has 1 heterocycles. The highest BCUT2D eigenvalue weighted by Gasteiger charge is 2.29. The molecule has 0 aliphatic heterocycles. The van der Waals surface area contributed by atoms with Crippen molar-refractivity contribution in [1.82, 2.24) is 0 Å². The lowest BCUT2D eigenvalue weighted by Gasteiger charge is -2.31. The van der Waals surface area contributed by atoms with E-state index in [1.54, 1.807) is 11.3 Å². The summed E-state index contributed by atoms with van der Waals surface area (Å²) in [4.78, 5) is 1.23. The Bertz CT molecular complexity index is 344. The molecule has 0 bridgehead atoms. The van der Waals surface area contributed by atoms with Gasteiger partial charge in [0.25, 0.3) is 0 Å². The van der Waals surface area contributed by atoms with Crippen LogP contribution >= 0.6 is 11.3 Å². The van der Waals surface area contributed by atoms with Gasteiger partial charge in [0.15, 0.2) is 0 Å². The molecule has 2 heteroatoms. The zero-order chi connectivity index (χ0) is 12.3. The fourth-order valence-electron chi connectivity index (χ4n) is 3.10. The summed E-state index contributed by atoms with van der Waals surface area (Å²) in [7, 11) is 0. The van der Waals surface area contributed by atoms with Gasteiger partial charge >= 0.3 is 0 Å². The molecule has 2 rings (SSSR count). The van der Waals surface area contributed by atoms with Gasteiger partial charge < -0.3 is 5.11 Å². The highest BCUT2D eigenvalue weighted by Crippen LogP contribution is 2.40. The third-order valence-corrected chi connectivity index (χ3v) is 5.31. The van der Waals surface area contributed by atoms with Crippen LogP contribution in [-0.4, -0.2) is 5.11 Å². The molecule has 1 fully saturated rings. The Morgan fingerprint density at radius 2 is 2.24 bits per heavy atom. The van der Waals surface area contributed by atoms with E-state index in [0.29, 0.717) is 5.92 Å². The van der Waals surface area contributed by atoms with Crippen LogP contribution in [0.4, 0.5) is 0 Å². The zero-order valence-electron chi connectivity index (χ0n) is 11.0. The van der Waals surface area contributed by atoms with Gasteiger partial charge in [0.1, 0.15) is 0 Å². The van der Waals surface area contributed by atoms with Gasteiger partial charge in [0, 0.05) is 4.88 Å². The standard InChI is InChI=1S/C15H24OS/c1-3-11-6-5-7-13(10-11)14(16)15-12(4-2)8-9-17-15/h8-9,11,13-14,16H,3-7,10H2,1-2H3. The summed E-state index contributed by atoms with van der Waals surface area (Å²) in [6.45, 7) is 4.45. The molecule has 17 heavy (non-hydrogen) atoms. The molecule has 1 aromatic rings. The molecule has 0 amide bonds. The molecule has 0 spiro atoms. The molecule has 1 aromatic heterocycles. The lowest BCUT2D eigenvalue weighted by molar-refractivity contribution is 0.0699. The average molecular weight is 252 g/mol. The van der Waals surface area contributed by atoms with E-state index in [9.17, 15) is 5.11 Å². The highest BCUT2D eigenvalue weighted by molar-refractivity contribution is 7.10. The number of rotatable bonds is 4. The van der Waals surface area contributed by atoms with Crippen LogP contribution in [0.1, 0.15) is 62.5 Å². The molecule has 1 nitrogen and oxygen atoms in total. The summed E-state index contributed by atoms with van der Waals surface area (Å²) in [5, 5.41) is 12.7. The first-order valence-corrected chi connectivity index (χ1v) is 7.88. The Hall–Kier alpha value is -0.340. The fourth-order valence-corrected chi connectivity index (χ4v) is 4.18. The van der Waals surface area contributed by atoms with Crippen molar-refractivity contribution in [2.24, 2.45) is 11.8 Å². The second-order valence-corrected chi connectivity index (χ2v) is 6.26. The van der Waals surface area contributed by atoms with Crippen molar-refractivity contribution in [3.05, 3.63) is 21.9 Å². The topological polar surface area (TPSA) is 20.2 Å². The lowest BCUT2D eigenvalue weighted by atomic mass is 9.77. The van der Waals surface area contributed by atoms with Crippen molar-refractivity contribution >= 4 is 11.3 Å². The van der Waals surface area contributed by atoms with E-state index >= 15 is 0 Å². The quantitative estimate of drug-likeness (QED) is 0.833. The third-order valence-electron chi connectivity index (χ3n) is 4.28. The number of thiophene rings is 1. The summed E-state index contributed by atoms with van der Waals surface area (Å²) < 4.78 is 0. The molecular formula is C15H24OS. The summed E-state index contributed by atoms with van der Waals surface area (Å²) in [5.41, 5.74) is 1.35. The first kappa shape index (κ1) is 13.1. The van der Waals surface area contributed by atoms with E-state index in [1.165, 1.54) is 42.5 Å². The SMILES string of the molecule is CCc1ccsc1C(O)C1CCCC(CC)C1. The van der Waals surface area contributed by atoms with E-state index in [2.05, 4.69) is 25.3 Å². The molecule has 1 aliphatic carbocycles. The molecule has 0 radical (unpaired) electrons. The maximum absolute atomic E-state index is 10.6. The smallest absolute Gasteiger partial charge is 0.0912 e. The van der Waals surface area contributed by atoms with Crippen molar-refractivity contribution in [3.63, 3.8) is 0 Å². The number of hydrogen-bond acceptors (Lipinski definition) is 2. The van der Waals surface area contributed by atoms with Gasteiger partial charge in [-0.05, 0) is 48.1 Å². The van der Waals surface area contributed by atoms with Crippen molar-refractivity contribution in [3.8, 4) is 0 Å². The summed E-state index contributed by atoms with van der Waals surface area (Å²) in [5.74, 6) is 1.34. The van der Waals surface area contributed by atoms with Crippen molar-refractivity contribution < 1.29 is 5.11 Å². The van der Waals surface area contributed by atoms with E-state index in [4.69, 9.17) is 0 Å². The minimum Gasteiger partial charge on any atom is -0.387 e. The average Bonchev–Trinajstić information content (AvgIpc) is 2.86. The third kappa shape index (κ3) is 2.92. The second kappa shape index (κ2) is 6.01. The number of aliphatic hydroxyl groups excluding tert-OH is 1. The Kier molecular flexibility index (Phi) is 4.63. The Balaban J connectivity index is 2.06. The van der Waals surface area contributed by atoms with Gasteiger partial charge in [-0.15, -0.1) is 11.3 Å². The van der Waals surface area contributed by atoms with Crippen LogP contribution in [0.25, 0.3) is 0 Å². The maximum atomic E-state index is 10.6. The van der Waals surface area contributed by atoms with E-state index in [0.717, 1.165) is 12.3 Å². The highest BCUT2D eigenvalue weighted by atomic mass is 32.1. The molecule has 1 N–H and O–H groups in total. The normalized spacial score (nSPS) is 27.0. The van der Waals surface area contributed by atoms with Gasteiger partial charge in [0.05, 0.1) is 6.10 Å². The Morgan fingerprint density at radius 3 is 2.94 bits per heavy atom. The summed E-state index contributed by atoms with van der Waals surface area (Å²) in [6.07, 6.45) is 7.20. The van der Waals surface area contributed by atoms with Crippen LogP contribution in [-0.2, 0) is 6.42 Å². The van der Waals surface area contributed by atoms with E-state index in [-0.39, 0.29) is 6.10 Å². The van der Waals surface area contributed by atoms with Crippen LogP contribution in [0.2, 0.25) is 0 Å². The second-order valence-electron chi connectivity index (χ2n) is 5.31. The van der Waals surface area contributed by atoms with Crippen molar-refractivity contribution in [2.75, 3.05) is 0 Å². The van der Waals surface area contributed by atoms with E-state index in [1.807, 2.05) is 0 Å². The van der Waals surface area contributed by atoms with Gasteiger partial charge in [-0.25, -0.2) is 0 Å². The van der Waals surface area contributed by atoms with Crippen LogP contribution in [0.3, 0.4) is 0 Å². The first-order valence-electron chi connectivity index (χ1n) is 7.00. The van der Waals surface area contributed by atoms with Crippen LogP contribution in [0.15, 0.2) is 11.4 Å². The maximum Gasteiger partial charge on any atom is 0.0912 e. The van der Waals surface area contributed by atoms with Gasteiger partial charge in [-0.1, -0.05) is 33.1 Å². The molecule has 3 atom stereocenters.